The second-order valence-electron chi connectivity index (χ2n) is 7.63. The third-order valence-electron chi connectivity index (χ3n) is 5.89. The van der Waals surface area contributed by atoms with E-state index in [0.717, 1.165) is 38.2 Å². The predicted octanol–water partition coefficient (Wildman–Crippen LogP) is 3.34. The van der Waals surface area contributed by atoms with Crippen molar-refractivity contribution in [3.05, 3.63) is 27.8 Å². The van der Waals surface area contributed by atoms with E-state index < -0.39 is 23.2 Å². The largest absolute Gasteiger partial charge is 0.493 e. The fraction of sp³-hybridized carbons (Fsp3) is 0.619. The van der Waals surface area contributed by atoms with Crippen LogP contribution in [-0.2, 0) is 9.53 Å². The first-order chi connectivity index (χ1) is 14.5. The number of nitrogens with zero attached hydrogens (tertiary/aromatic N) is 2. The zero-order chi connectivity index (χ0) is 21.7. The number of hydrogen-bond acceptors (Lipinski definition) is 7. The molecule has 2 aliphatic rings. The minimum absolute atomic E-state index is 0.163. The van der Waals surface area contributed by atoms with Crippen LogP contribution in [0.4, 0.5) is 5.69 Å². The molecule has 2 fully saturated rings. The Morgan fingerprint density at radius 3 is 2.60 bits per heavy atom. The summed E-state index contributed by atoms with van der Waals surface area (Å²) in [7, 11) is 1.37. The quantitative estimate of drug-likeness (QED) is 0.378. The molecule has 1 saturated carbocycles. The average Bonchev–Trinajstić information content (AvgIpc) is 2.76. The van der Waals surface area contributed by atoms with Crippen molar-refractivity contribution in [3.8, 4) is 11.5 Å². The Labute approximate surface area is 175 Å². The average molecular weight is 420 g/mol. The number of fused-ring (bicyclic) bond motifs is 1. The summed E-state index contributed by atoms with van der Waals surface area (Å²) in [4.78, 5) is 37.9. The molecule has 9 nitrogen and oxygen atoms in total. The van der Waals surface area contributed by atoms with Crippen molar-refractivity contribution in [1.82, 2.24) is 4.90 Å². The summed E-state index contributed by atoms with van der Waals surface area (Å²) in [6, 6.07) is 2.56. The molecule has 0 spiro atoms. The molecule has 0 N–H and O–H groups in total. The number of methoxy groups -OCH3 is 1. The van der Waals surface area contributed by atoms with Gasteiger partial charge in [0.05, 0.1) is 24.7 Å². The lowest BCUT2D eigenvalue weighted by molar-refractivity contribution is -0.385. The van der Waals surface area contributed by atoms with Crippen LogP contribution in [0, 0.1) is 16.0 Å². The van der Waals surface area contributed by atoms with Crippen molar-refractivity contribution in [1.29, 1.82) is 0 Å². The standard InChI is InChI=1S/C21H28N2O7/c1-3-29-19-12-17(23(26)27)15(11-18(19)28-2)21(25)30-13-20(24)22-10-6-8-14-7-4-5-9-16(14)22/h11-12,14,16H,3-10,13H2,1-2H3/t14-,16+/m0/s1. The molecule has 1 aliphatic carbocycles. The summed E-state index contributed by atoms with van der Waals surface area (Å²) in [6.45, 7) is 2.24. The van der Waals surface area contributed by atoms with Crippen molar-refractivity contribution in [2.45, 2.75) is 51.5 Å². The van der Waals surface area contributed by atoms with Gasteiger partial charge < -0.3 is 19.1 Å². The number of likely N-dealkylation sites (tertiary alicyclic amines) is 1. The van der Waals surface area contributed by atoms with Crippen LogP contribution in [0.1, 0.15) is 55.8 Å². The highest BCUT2D eigenvalue weighted by Crippen LogP contribution is 2.36. The molecule has 1 amide bonds. The summed E-state index contributed by atoms with van der Waals surface area (Å²) in [5, 5.41) is 11.5. The molecule has 0 unspecified atom stereocenters. The molecule has 1 heterocycles. The first-order valence-electron chi connectivity index (χ1n) is 10.4. The van der Waals surface area contributed by atoms with Gasteiger partial charge in [-0.3, -0.25) is 14.9 Å². The third-order valence-corrected chi connectivity index (χ3v) is 5.89. The number of esters is 1. The molecule has 2 atom stereocenters. The van der Waals surface area contributed by atoms with Gasteiger partial charge in [-0.1, -0.05) is 12.8 Å². The predicted molar refractivity (Wildman–Crippen MR) is 108 cm³/mol. The van der Waals surface area contributed by atoms with Crippen molar-refractivity contribution >= 4 is 17.6 Å². The van der Waals surface area contributed by atoms with E-state index >= 15 is 0 Å². The van der Waals surface area contributed by atoms with E-state index in [1.807, 2.05) is 4.90 Å². The van der Waals surface area contributed by atoms with Crippen molar-refractivity contribution in [2.75, 3.05) is 26.9 Å². The number of ether oxygens (including phenoxy) is 3. The minimum atomic E-state index is -0.936. The lowest BCUT2D eigenvalue weighted by Crippen LogP contribution is -2.50. The van der Waals surface area contributed by atoms with Crippen LogP contribution < -0.4 is 9.47 Å². The maximum Gasteiger partial charge on any atom is 0.345 e. The molecule has 1 aromatic carbocycles. The number of nitro groups is 1. The highest BCUT2D eigenvalue weighted by Gasteiger charge is 2.36. The zero-order valence-corrected chi connectivity index (χ0v) is 17.4. The van der Waals surface area contributed by atoms with Crippen LogP contribution in [0.2, 0.25) is 0 Å². The minimum Gasteiger partial charge on any atom is -0.493 e. The Morgan fingerprint density at radius 1 is 1.17 bits per heavy atom. The Balaban J connectivity index is 1.72. The van der Waals surface area contributed by atoms with Crippen molar-refractivity contribution < 1.29 is 28.7 Å². The van der Waals surface area contributed by atoms with Crippen LogP contribution in [0.3, 0.4) is 0 Å². The van der Waals surface area contributed by atoms with E-state index in [-0.39, 0.29) is 35.6 Å². The topological polar surface area (TPSA) is 108 Å². The highest BCUT2D eigenvalue weighted by atomic mass is 16.6. The van der Waals surface area contributed by atoms with E-state index in [2.05, 4.69) is 0 Å². The monoisotopic (exact) mass is 420 g/mol. The van der Waals surface area contributed by atoms with Gasteiger partial charge in [0.2, 0.25) is 0 Å². The molecule has 1 aromatic rings. The van der Waals surface area contributed by atoms with Crippen molar-refractivity contribution in [3.63, 3.8) is 0 Å². The zero-order valence-electron chi connectivity index (χ0n) is 17.4. The van der Waals surface area contributed by atoms with Crippen molar-refractivity contribution in [2.24, 2.45) is 5.92 Å². The Hall–Kier alpha value is -2.84. The Morgan fingerprint density at radius 2 is 1.90 bits per heavy atom. The Kier molecular flexibility index (Phi) is 7.12. The number of hydrogen-bond donors (Lipinski definition) is 0. The van der Waals surface area contributed by atoms with Crippen LogP contribution in [0.15, 0.2) is 12.1 Å². The van der Waals surface area contributed by atoms with E-state index in [1.165, 1.54) is 19.6 Å². The van der Waals surface area contributed by atoms with Gasteiger partial charge >= 0.3 is 5.97 Å². The molecule has 0 bridgehead atoms. The van der Waals surface area contributed by atoms with Crippen LogP contribution in [0.5, 0.6) is 11.5 Å². The summed E-state index contributed by atoms with van der Waals surface area (Å²) >= 11 is 0. The summed E-state index contributed by atoms with van der Waals surface area (Å²) in [6.07, 6.45) is 6.48. The number of piperidine rings is 1. The van der Waals surface area contributed by atoms with Gasteiger partial charge in [-0.2, -0.15) is 0 Å². The molecule has 9 heteroatoms. The van der Waals surface area contributed by atoms with Crippen LogP contribution in [0.25, 0.3) is 0 Å². The van der Waals surface area contributed by atoms with Gasteiger partial charge in [0.15, 0.2) is 18.1 Å². The summed E-state index contributed by atoms with van der Waals surface area (Å²) < 4.78 is 15.7. The van der Waals surface area contributed by atoms with Gasteiger partial charge in [-0.15, -0.1) is 0 Å². The highest BCUT2D eigenvalue weighted by molar-refractivity contribution is 5.96. The third kappa shape index (κ3) is 4.66. The molecule has 164 valence electrons. The van der Waals surface area contributed by atoms with Gasteiger partial charge in [0.25, 0.3) is 11.6 Å². The fourth-order valence-electron chi connectivity index (χ4n) is 4.51. The van der Waals surface area contributed by atoms with E-state index in [4.69, 9.17) is 14.2 Å². The first kappa shape index (κ1) is 21.9. The van der Waals surface area contributed by atoms with Crippen LogP contribution in [-0.4, -0.2) is 54.6 Å². The molecular formula is C21H28N2O7. The number of benzene rings is 1. The molecule has 30 heavy (non-hydrogen) atoms. The second kappa shape index (κ2) is 9.77. The summed E-state index contributed by atoms with van der Waals surface area (Å²) in [5.41, 5.74) is -0.732. The molecule has 1 saturated heterocycles. The number of amides is 1. The van der Waals surface area contributed by atoms with E-state index in [1.54, 1.807) is 6.92 Å². The molecule has 3 rings (SSSR count). The molecule has 0 aromatic heterocycles. The number of rotatable bonds is 7. The number of carbonyl (C=O) groups excluding carboxylic acids is 2. The van der Waals surface area contributed by atoms with Gasteiger partial charge in [-0.05, 0) is 38.5 Å². The first-order valence-corrected chi connectivity index (χ1v) is 10.4. The molecule has 0 radical (unpaired) electrons. The molecule has 1 aliphatic heterocycles. The van der Waals surface area contributed by atoms with Gasteiger partial charge in [0, 0.05) is 18.7 Å². The van der Waals surface area contributed by atoms with Crippen LogP contribution >= 0.6 is 0 Å². The lowest BCUT2D eigenvalue weighted by atomic mass is 9.78. The second-order valence-corrected chi connectivity index (χ2v) is 7.63. The fourth-order valence-corrected chi connectivity index (χ4v) is 4.51. The maximum absolute atomic E-state index is 12.7. The van der Waals surface area contributed by atoms with E-state index in [0.29, 0.717) is 12.5 Å². The lowest BCUT2D eigenvalue weighted by Gasteiger charge is -2.44. The number of nitro benzene ring substituents is 1. The van der Waals surface area contributed by atoms with E-state index in [9.17, 15) is 19.7 Å². The normalized spacial score (nSPS) is 20.8. The summed E-state index contributed by atoms with van der Waals surface area (Å²) in [5.74, 6) is -0.324. The Bertz CT molecular complexity index is 809. The van der Waals surface area contributed by atoms with Gasteiger partial charge in [-0.25, -0.2) is 4.79 Å². The smallest absolute Gasteiger partial charge is 0.345 e. The maximum atomic E-state index is 12.7. The number of carbonyl (C=O) groups is 2. The SMILES string of the molecule is CCOc1cc([N+](=O)[O-])c(C(=O)OCC(=O)N2CCC[C@@H]3CCCC[C@H]32)cc1OC. The molecular weight excluding hydrogens is 392 g/mol. The van der Waals surface area contributed by atoms with Gasteiger partial charge in [0.1, 0.15) is 5.56 Å².